The summed E-state index contributed by atoms with van der Waals surface area (Å²) < 4.78 is 42.8. The maximum absolute atomic E-state index is 13.8. The minimum Gasteiger partial charge on any atom is -0.495 e. The molecule has 1 aromatic carbocycles. The maximum atomic E-state index is 13.8. The number of ether oxygens (including phenoxy) is 1. The Kier molecular flexibility index (Phi) is 6.27. The van der Waals surface area contributed by atoms with Crippen LogP contribution in [0.2, 0.25) is 0 Å². The number of aromatic nitrogens is 1. The summed E-state index contributed by atoms with van der Waals surface area (Å²) in [6.07, 6.45) is 1.35. The molecule has 11 heteroatoms. The molecule has 1 fully saturated rings. The van der Waals surface area contributed by atoms with E-state index in [1.807, 2.05) is 0 Å². The van der Waals surface area contributed by atoms with Crippen molar-refractivity contribution >= 4 is 28.4 Å². The van der Waals surface area contributed by atoms with Crippen molar-refractivity contribution in [2.75, 3.05) is 38.0 Å². The van der Waals surface area contributed by atoms with Crippen molar-refractivity contribution in [2.24, 2.45) is 0 Å². The molecule has 29 heavy (non-hydrogen) atoms. The third kappa shape index (κ3) is 4.62. The van der Waals surface area contributed by atoms with Gasteiger partial charge in [0.25, 0.3) is 11.8 Å². The van der Waals surface area contributed by atoms with Gasteiger partial charge in [0.15, 0.2) is 11.5 Å². The monoisotopic (exact) mass is 422 g/mol. The fraction of sp³-hybridized carbons (Fsp3) is 0.278. The van der Waals surface area contributed by atoms with Crippen molar-refractivity contribution < 1.29 is 27.1 Å². The van der Waals surface area contributed by atoms with Crippen LogP contribution in [0.4, 0.5) is 10.1 Å². The smallest absolute Gasteiger partial charge is 0.275 e. The van der Waals surface area contributed by atoms with Gasteiger partial charge in [-0.05, 0) is 30.3 Å². The van der Waals surface area contributed by atoms with Gasteiger partial charge in [-0.15, -0.1) is 0 Å². The van der Waals surface area contributed by atoms with Crippen LogP contribution in [0.3, 0.4) is 0 Å². The molecule has 0 spiro atoms. The van der Waals surface area contributed by atoms with Crippen LogP contribution < -0.4 is 9.46 Å². The van der Waals surface area contributed by atoms with Gasteiger partial charge in [0.05, 0.1) is 12.8 Å². The molecule has 2 amide bonds. The van der Waals surface area contributed by atoms with E-state index in [0.717, 1.165) is 0 Å². The van der Waals surface area contributed by atoms with E-state index >= 15 is 0 Å². The highest BCUT2D eigenvalue weighted by molar-refractivity contribution is 7.73. The van der Waals surface area contributed by atoms with Crippen molar-refractivity contribution in [3.63, 3.8) is 0 Å². The topological polar surface area (TPSA) is 109 Å². The normalized spacial score (nSPS) is 14.0. The number of methoxy groups -OCH3 is 1. The quantitative estimate of drug-likeness (QED) is 0.689. The van der Waals surface area contributed by atoms with Crippen LogP contribution in [0.1, 0.15) is 20.8 Å². The second kappa shape index (κ2) is 8.86. The lowest BCUT2D eigenvalue weighted by Gasteiger charge is -2.34. The maximum Gasteiger partial charge on any atom is 0.275 e. The number of anilines is 1. The van der Waals surface area contributed by atoms with E-state index in [0.29, 0.717) is 5.56 Å². The van der Waals surface area contributed by atoms with Gasteiger partial charge in [-0.25, -0.2) is 17.8 Å². The number of carbonyl (C=O) groups excluding carboxylic acids is 2. The van der Waals surface area contributed by atoms with E-state index in [-0.39, 0.29) is 49.2 Å². The molecule has 0 aliphatic carbocycles. The Labute approximate surface area is 168 Å². The van der Waals surface area contributed by atoms with Crippen LogP contribution in [-0.4, -0.2) is 68.3 Å². The highest BCUT2D eigenvalue weighted by Crippen LogP contribution is 2.26. The Hall–Kier alpha value is -3.21. The molecule has 3 rings (SSSR count). The Bertz CT molecular complexity index is 997. The van der Waals surface area contributed by atoms with Gasteiger partial charge < -0.3 is 14.5 Å². The van der Waals surface area contributed by atoms with Crippen LogP contribution >= 0.6 is 0 Å². The van der Waals surface area contributed by atoms with Crippen molar-refractivity contribution in [2.45, 2.75) is 0 Å². The highest BCUT2D eigenvalue weighted by atomic mass is 32.2. The predicted molar refractivity (Wildman–Crippen MR) is 103 cm³/mol. The lowest BCUT2D eigenvalue weighted by Crippen LogP contribution is -2.50. The molecule has 2 heterocycles. The number of thiol groups is 1. The van der Waals surface area contributed by atoms with Gasteiger partial charge in [0.2, 0.25) is 10.9 Å². The molecule has 2 aromatic rings. The molecule has 9 nitrogen and oxygen atoms in total. The molecule has 154 valence electrons. The summed E-state index contributed by atoms with van der Waals surface area (Å²) in [7, 11) is -1.49. The summed E-state index contributed by atoms with van der Waals surface area (Å²) in [6, 6.07) is 6.97. The summed E-state index contributed by atoms with van der Waals surface area (Å²) in [5, 5.41) is 0. The first-order chi connectivity index (χ1) is 13.9. The predicted octanol–water partition coefficient (Wildman–Crippen LogP) is 0.766. The van der Waals surface area contributed by atoms with Crippen LogP contribution in [-0.2, 0) is 10.9 Å². The number of nitrogens with one attached hydrogen (secondary N) is 1. The van der Waals surface area contributed by atoms with E-state index in [2.05, 4.69) is 9.71 Å². The Morgan fingerprint density at radius 3 is 2.34 bits per heavy atom. The van der Waals surface area contributed by atoms with Crippen LogP contribution in [0.25, 0.3) is 0 Å². The number of amides is 2. The first-order valence-corrected chi connectivity index (χ1v) is 9.86. The summed E-state index contributed by atoms with van der Waals surface area (Å²) in [5.41, 5.74) is 0.314. The zero-order valence-electron chi connectivity index (χ0n) is 15.5. The minimum atomic E-state index is -2.86. The number of hydrogen-bond donors (Lipinski definition) is 2. The number of piperazine rings is 1. The molecule has 1 aliphatic heterocycles. The molecule has 0 bridgehead atoms. The molecular formula is C18H19FN4O5S. The average Bonchev–Trinajstić information content (AvgIpc) is 2.73. The van der Waals surface area contributed by atoms with E-state index in [1.165, 1.54) is 48.5 Å². The standard InChI is InChI=1S/C18H19FN4O5S/c1-28-15-11-12(4-5-14(15)21-29(26)27)17(24)22-7-9-23(10-8-22)18(25)16-13(19)3-2-6-20-16/h2-6,11,29H,7-10H2,1H3,(H,21,26,27). The van der Waals surface area contributed by atoms with Crippen molar-refractivity contribution in [3.8, 4) is 5.75 Å². The molecule has 1 saturated heterocycles. The van der Waals surface area contributed by atoms with Crippen LogP contribution in [0, 0.1) is 5.82 Å². The first-order valence-electron chi connectivity index (χ1n) is 8.69. The minimum absolute atomic E-state index is 0.217. The van der Waals surface area contributed by atoms with Gasteiger partial charge in [0, 0.05) is 37.9 Å². The molecule has 1 N–H and O–H groups in total. The van der Waals surface area contributed by atoms with Gasteiger partial charge >= 0.3 is 0 Å². The SMILES string of the molecule is COc1cc(C(=O)N2CCN(C(=O)c3ncccc3F)CC2)ccc1N[SH](=O)=O. The van der Waals surface area contributed by atoms with Gasteiger partial charge in [-0.1, -0.05) is 0 Å². The van der Waals surface area contributed by atoms with E-state index in [4.69, 9.17) is 4.74 Å². The number of carbonyl (C=O) groups is 2. The summed E-state index contributed by atoms with van der Waals surface area (Å²) in [4.78, 5) is 32.0. The molecular weight excluding hydrogens is 403 g/mol. The van der Waals surface area contributed by atoms with E-state index in [1.54, 1.807) is 4.90 Å². The Morgan fingerprint density at radius 2 is 1.76 bits per heavy atom. The molecule has 0 unspecified atom stereocenters. The fourth-order valence-corrected chi connectivity index (χ4v) is 3.38. The number of hydrogen-bond acceptors (Lipinski definition) is 6. The third-order valence-electron chi connectivity index (χ3n) is 4.48. The van der Waals surface area contributed by atoms with E-state index < -0.39 is 22.6 Å². The summed E-state index contributed by atoms with van der Waals surface area (Å²) in [6.45, 7) is 1.03. The molecule has 0 radical (unpaired) electrons. The molecule has 0 saturated carbocycles. The third-order valence-corrected chi connectivity index (χ3v) is 4.90. The average molecular weight is 422 g/mol. The second-order valence-electron chi connectivity index (χ2n) is 6.20. The zero-order valence-corrected chi connectivity index (χ0v) is 16.4. The summed E-state index contributed by atoms with van der Waals surface area (Å²) in [5.74, 6) is -1.26. The largest absolute Gasteiger partial charge is 0.495 e. The Morgan fingerprint density at radius 1 is 1.10 bits per heavy atom. The number of pyridine rings is 1. The number of rotatable bonds is 5. The van der Waals surface area contributed by atoms with Crippen molar-refractivity contribution in [3.05, 3.63) is 53.6 Å². The van der Waals surface area contributed by atoms with Gasteiger partial charge in [0.1, 0.15) is 5.75 Å². The molecule has 0 atom stereocenters. The van der Waals surface area contributed by atoms with Gasteiger partial charge in [-0.3, -0.25) is 14.3 Å². The van der Waals surface area contributed by atoms with E-state index in [9.17, 15) is 22.4 Å². The zero-order chi connectivity index (χ0) is 21.0. The first kappa shape index (κ1) is 20.5. The van der Waals surface area contributed by atoms with Crippen molar-refractivity contribution in [1.29, 1.82) is 0 Å². The summed E-state index contributed by atoms with van der Waals surface area (Å²) >= 11 is 0. The lowest BCUT2D eigenvalue weighted by atomic mass is 10.1. The highest BCUT2D eigenvalue weighted by Gasteiger charge is 2.27. The van der Waals surface area contributed by atoms with Crippen LogP contribution in [0.5, 0.6) is 5.75 Å². The lowest BCUT2D eigenvalue weighted by molar-refractivity contribution is 0.0529. The fourth-order valence-electron chi connectivity index (χ4n) is 3.00. The number of halogens is 1. The Balaban J connectivity index is 1.67. The van der Waals surface area contributed by atoms with Crippen LogP contribution in [0.15, 0.2) is 36.5 Å². The van der Waals surface area contributed by atoms with Crippen molar-refractivity contribution in [1.82, 2.24) is 14.8 Å². The molecule has 1 aromatic heterocycles. The number of nitrogens with zero attached hydrogens (tertiary/aromatic N) is 3. The van der Waals surface area contributed by atoms with Gasteiger partial charge in [-0.2, -0.15) is 0 Å². The molecule has 1 aliphatic rings. The number of benzene rings is 1. The second-order valence-corrected chi connectivity index (χ2v) is 6.94.